The SMILES string of the molecule is CC(Nc1ccc(N)c(C(F)(F)F)c1)c1cccnc1. The van der Waals surface area contributed by atoms with Gasteiger partial charge in [0.2, 0.25) is 0 Å². The molecule has 2 rings (SSSR count). The van der Waals surface area contributed by atoms with Crippen LogP contribution in [-0.4, -0.2) is 4.98 Å². The lowest BCUT2D eigenvalue weighted by Crippen LogP contribution is -2.11. The molecule has 3 nitrogen and oxygen atoms in total. The topological polar surface area (TPSA) is 50.9 Å². The van der Waals surface area contributed by atoms with Crippen molar-refractivity contribution in [2.75, 3.05) is 11.1 Å². The molecule has 1 heterocycles. The molecule has 0 bridgehead atoms. The Kier molecular flexibility index (Phi) is 3.83. The van der Waals surface area contributed by atoms with Crippen LogP contribution in [0.5, 0.6) is 0 Å². The zero-order valence-corrected chi connectivity index (χ0v) is 10.8. The summed E-state index contributed by atoms with van der Waals surface area (Å²) in [5, 5.41) is 3.00. The monoisotopic (exact) mass is 281 g/mol. The van der Waals surface area contributed by atoms with Crippen molar-refractivity contribution in [1.29, 1.82) is 0 Å². The number of pyridine rings is 1. The van der Waals surface area contributed by atoms with Gasteiger partial charge in [-0.05, 0) is 36.8 Å². The molecule has 0 fully saturated rings. The van der Waals surface area contributed by atoms with Gasteiger partial charge < -0.3 is 11.1 Å². The highest BCUT2D eigenvalue weighted by Crippen LogP contribution is 2.35. The zero-order chi connectivity index (χ0) is 14.8. The Morgan fingerprint density at radius 2 is 2.00 bits per heavy atom. The molecule has 0 saturated heterocycles. The Hall–Kier alpha value is -2.24. The maximum Gasteiger partial charge on any atom is 0.418 e. The van der Waals surface area contributed by atoms with Crippen LogP contribution in [0.15, 0.2) is 42.7 Å². The normalized spacial score (nSPS) is 13.0. The molecule has 6 heteroatoms. The fraction of sp³-hybridized carbons (Fsp3) is 0.214. The summed E-state index contributed by atoms with van der Waals surface area (Å²) in [6, 6.07) is 7.26. The first kappa shape index (κ1) is 14.2. The number of nitrogens with zero attached hydrogens (tertiary/aromatic N) is 1. The van der Waals surface area contributed by atoms with Crippen LogP contribution in [0.1, 0.15) is 24.1 Å². The number of hydrogen-bond acceptors (Lipinski definition) is 3. The first-order chi connectivity index (χ1) is 9.38. The summed E-state index contributed by atoms with van der Waals surface area (Å²) < 4.78 is 38.3. The average Bonchev–Trinajstić information content (AvgIpc) is 2.40. The van der Waals surface area contributed by atoms with E-state index in [1.54, 1.807) is 18.5 Å². The number of rotatable bonds is 3. The summed E-state index contributed by atoms with van der Waals surface area (Å²) in [4.78, 5) is 3.98. The van der Waals surface area contributed by atoms with Crippen molar-refractivity contribution in [3.05, 3.63) is 53.9 Å². The molecule has 1 aromatic carbocycles. The van der Waals surface area contributed by atoms with E-state index in [1.807, 2.05) is 13.0 Å². The Bertz CT molecular complexity index is 582. The first-order valence-corrected chi connectivity index (χ1v) is 6.01. The lowest BCUT2D eigenvalue weighted by Gasteiger charge is -2.17. The predicted molar refractivity (Wildman–Crippen MR) is 72.1 cm³/mol. The molecular formula is C14H14F3N3. The number of nitrogens with two attached hydrogens (primary N) is 1. The summed E-state index contributed by atoms with van der Waals surface area (Å²) in [6.45, 7) is 1.85. The van der Waals surface area contributed by atoms with E-state index in [-0.39, 0.29) is 11.7 Å². The van der Waals surface area contributed by atoms with E-state index in [2.05, 4.69) is 10.3 Å². The molecule has 0 aliphatic carbocycles. The molecule has 0 saturated carbocycles. The van der Waals surface area contributed by atoms with E-state index in [1.165, 1.54) is 12.1 Å². The van der Waals surface area contributed by atoms with Gasteiger partial charge in [-0.15, -0.1) is 0 Å². The highest BCUT2D eigenvalue weighted by atomic mass is 19.4. The molecule has 1 atom stereocenters. The number of benzene rings is 1. The molecule has 0 aliphatic rings. The van der Waals surface area contributed by atoms with E-state index >= 15 is 0 Å². The molecule has 1 aromatic heterocycles. The van der Waals surface area contributed by atoms with Crippen LogP contribution in [0.3, 0.4) is 0 Å². The lowest BCUT2D eigenvalue weighted by molar-refractivity contribution is -0.136. The second kappa shape index (κ2) is 5.40. The molecule has 1 unspecified atom stereocenters. The van der Waals surface area contributed by atoms with Crippen LogP contribution in [-0.2, 0) is 6.18 Å². The maximum absolute atomic E-state index is 12.8. The number of hydrogen-bond donors (Lipinski definition) is 2. The van der Waals surface area contributed by atoms with Crippen molar-refractivity contribution in [2.45, 2.75) is 19.1 Å². The second-order valence-corrected chi connectivity index (χ2v) is 4.45. The minimum absolute atomic E-state index is 0.159. The number of nitrogen functional groups attached to an aromatic ring is 1. The van der Waals surface area contributed by atoms with Crippen LogP contribution in [0.4, 0.5) is 24.5 Å². The van der Waals surface area contributed by atoms with Crippen LogP contribution in [0.25, 0.3) is 0 Å². The zero-order valence-electron chi connectivity index (χ0n) is 10.8. The average molecular weight is 281 g/mol. The van der Waals surface area contributed by atoms with E-state index < -0.39 is 11.7 Å². The molecule has 2 aromatic rings. The van der Waals surface area contributed by atoms with Gasteiger partial charge in [-0.2, -0.15) is 13.2 Å². The van der Waals surface area contributed by atoms with Gasteiger partial charge in [0.15, 0.2) is 0 Å². The third kappa shape index (κ3) is 3.20. The molecule has 0 radical (unpaired) electrons. The van der Waals surface area contributed by atoms with Gasteiger partial charge in [0, 0.05) is 23.8 Å². The Balaban J connectivity index is 2.22. The van der Waals surface area contributed by atoms with Crippen molar-refractivity contribution in [2.24, 2.45) is 0 Å². The van der Waals surface area contributed by atoms with Gasteiger partial charge in [-0.25, -0.2) is 0 Å². The van der Waals surface area contributed by atoms with Crippen LogP contribution in [0, 0.1) is 0 Å². The van der Waals surface area contributed by atoms with Gasteiger partial charge in [0.25, 0.3) is 0 Å². The summed E-state index contributed by atoms with van der Waals surface area (Å²) in [5.41, 5.74) is 5.50. The fourth-order valence-corrected chi connectivity index (χ4v) is 1.86. The van der Waals surface area contributed by atoms with Crippen LogP contribution < -0.4 is 11.1 Å². The number of nitrogens with one attached hydrogen (secondary N) is 1. The Labute approximate surface area is 114 Å². The van der Waals surface area contributed by atoms with E-state index in [0.717, 1.165) is 11.6 Å². The molecule has 20 heavy (non-hydrogen) atoms. The second-order valence-electron chi connectivity index (χ2n) is 4.45. The number of halogens is 3. The Morgan fingerprint density at radius 1 is 1.25 bits per heavy atom. The maximum atomic E-state index is 12.8. The molecule has 0 spiro atoms. The van der Waals surface area contributed by atoms with Crippen molar-refractivity contribution < 1.29 is 13.2 Å². The third-order valence-corrected chi connectivity index (χ3v) is 2.93. The summed E-state index contributed by atoms with van der Waals surface area (Å²) in [6.07, 6.45) is -1.15. The Morgan fingerprint density at radius 3 is 2.60 bits per heavy atom. The van der Waals surface area contributed by atoms with Gasteiger partial charge >= 0.3 is 6.18 Å². The third-order valence-electron chi connectivity index (χ3n) is 2.93. The molecule has 3 N–H and O–H groups in total. The summed E-state index contributed by atoms with van der Waals surface area (Å²) >= 11 is 0. The van der Waals surface area contributed by atoms with Gasteiger partial charge in [0.1, 0.15) is 0 Å². The van der Waals surface area contributed by atoms with Gasteiger partial charge in [-0.3, -0.25) is 4.98 Å². The first-order valence-electron chi connectivity index (χ1n) is 6.01. The highest BCUT2D eigenvalue weighted by Gasteiger charge is 2.33. The van der Waals surface area contributed by atoms with E-state index in [4.69, 9.17) is 5.73 Å². The summed E-state index contributed by atoms with van der Waals surface area (Å²) in [7, 11) is 0. The lowest BCUT2D eigenvalue weighted by atomic mass is 10.1. The van der Waals surface area contributed by atoms with Crippen molar-refractivity contribution in [3.63, 3.8) is 0 Å². The van der Waals surface area contributed by atoms with Crippen molar-refractivity contribution >= 4 is 11.4 Å². The van der Waals surface area contributed by atoms with E-state index in [9.17, 15) is 13.2 Å². The fourth-order valence-electron chi connectivity index (χ4n) is 1.86. The standard InChI is InChI=1S/C14H14F3N3/c1-9(10-3-2-6-19-8-10)20-11-4-5-13(18)12(7-11)14(15,16)17/h2-9,20H,18H2,1H3. The largest absolute Gasteiger partial charge is 0.418 e. The van der Waals surface area contributed by atoms with Crippen LogP contribution in [0.2, 0.25) is 0 Å². The van der Waals surface area contributed by atoms with Gasteiger partial charge in [-0.1, -0.05) is 6.07 Å². The summed E-state index contributed by atoms with van der Waals surface area (Å²) in [5.74, 6) is 0. The van der Waals surface area contributed by atoms with Gasteiger partial charge in [0.05, 0.1) is 11.6 Å². The number of alkyl halides is 3. The number of anilines is 2. The molecular weight excluding hydrogens is 267 g/mol. The number of aromatic nitrogens is 1. The molecule has 0 amide bonds. The minimum Gasteiger partial charge on any atom is -0.398 e. The smallest absolute Gasteiger partial charge is 0.398 e. The highest BCUT2D eigenvalue weighted by molar-refractivity contribution is 5.59. The molecule has 106 valence electrons. The van der Waals surface area contributed by atoms with Crippen LogP contribution >= 0.6 is 0 Å². The predicted octanol–water partition coefficient (Wildman–Crippen LogP) is 3.86. The van der Waals surface area contributed by atoms with Crippen molar-refractivity contribution in [1.82, 2.24) is 4.98 Å². The molecule has 0 aliphatic heterocycles. The minimum atomic E-state index is -4.46. The van der Waals surface area contributed by atoms with Crippen molar-refractivity contribution in [3.8, 4) is 0 Å². The quantitative estimate of drug-likeness (QED) is 0.840. The van der Waals surface area contributed by atoms with E-state index in [0.29, 0.717) is 5.69 Å².